The van der Waals surface area contributed by atoms with Crippen molar-refractivity contribution in [3.63, 3.8) is 0 Å². The quantitative estimate of drug-likeness (QED) is 0.725. The van der Waals surface area contributed by atoms with E-state index in [4.69, 9.17) is 0 Å². The average molecular weight is 246 g/mol. The zero-order valence-electron chi connectivity index (χ0n) is 9.10. The summed E-state index contributed by atoms with van der Waals surface area (Å²) < 4.78 is 26.1. The Bertz CT molecular complexity index is 465. The third-order valence-electron chi connectivity index (χ3n) is 1.87. The summed E-state index contributed by atoms with van der Waals surface area (Å²) in [6, 6.07) is 0. The van der Waals surface area contributed by atoms with Gasteiger partial charge in [-0.3, -0.25) is 14.2 Å². The summed E-state index contributed by atoms with van der Waals surface area (Å²) in [7, 11) is -1.78. The minimum absolute atomic E-state index is 0.00632. The lowest BCUT2D eigenvalue weighted by Crippen LogP contribution is -2.23. The number of aromatic nitrogens is 2. The van der Waals surface area contributed by atoms with Gasteiger partial charge < -0.3 is 5.32 Å². The summed E-state index contributed by atoms with van der Waals surface area (Å²) in [5, 5.41) is 6.30. The minimum atomic E-state index is -3.30. The number of carbonyl (C=O) groups excluding carboxylic acids is 1. The van der Waals surface area contributed by atoms with Crippen molar-refractivity contribution in [3.8, 4) is 0 Å². The number of amides is 1. The molecule has 0 atom stereocenters. The second-order valence-electron chi connectivity index (χ2n) is 3.11. The molecule has 0 spiro atoms. The fourth-order valence-corrected chi connectivity index (χ4v) is 1.59. The summed E-state index contributed by atoms with van der Waals surface area (Å²) in [5.41, 5.74) is 0.353. The Morgan fingerprint density at radius 2 is 2.25 bits per heavy atom. The molecular weight excluding hydrogens is 232 g/mol. The van der Waals surface area contributed by atoms with Crippen LogP contribution < -0.4 is 10.0 Å². The van der Waals surface area contributed by atoms with Gasteiger partial charge >= 0.3 is 0 Å². The lowest BCUT2D eigenvalue weighted by atomic mass is 10.6. The molecular formula is C8H14N4O3S. The van der Waals surface area contributed by atoms with Gasteiger partial charge in [0.25, 0.3) is 0 Å². The van der Waals surface area contributed by atoms with Crippen molar-refractivity contribution in [2.24, 2.45) is 0 Å². The number of nitrogens with zero attached hydrogens (tertiary/aromatic N) is 2. The Balaban J connectivity index is 2.69. The lowest BCUT2D eigenvalue weighted by molar-refractivity contribution is -0.121. The molecule has 1 rings (SSSR count). The van der Waals surface area contributed by atoms with Gasteiger partial charge in [0.1, 0.15) is 6.54 Å². The molecule has 2 N–H and O–H groups in total. The molecule has 1 aromatic rings. The number of rotatable bonds is 5. The van der Waals surface area contributed by atoms with Gasteiger partial charge in [-0.15, -0.1) is 0 Å². The monoisotopic (exact) mass is 246 g/mol. The van der Waals surface area contributed by atoms with Crippen LogP contribution in [0, 0.1) is 0 Å². The molecule has 0 fully saturated rings. The van der Waals surface area contributed by atoms with E-state index in [1.807, 2.05) is 0 Å². The number of carbonyl (C=O) groups is 1. The van der Waals surface area contributed by atoms with E-state index in [1.54, 1.807) is 0 Å². The Morgan fingerprint density at radius 3 is 2.81 bits per heavy atom. The van der Waals surface area contributed by atoms with Crippen molar-refractivity contribution >= 4 is 21.6 Å². The maximum absolute atomic E-state index is 11.2. The lowest BCUT2D eigenvalue weighted by Gasteiger charge is -2.01. The van der Waals surface area contributed by atoms with Gasteiger partial charge in [-0.05, 0) is 6.92 Å². The zero-order valence-corrected chi connectivity index (χ0v) is 9.91. The van der Waals surface area contributed by atoms with E-state index in [0.717, 1.165) is 0 Å². The van der Waals surface area contributed by atoms with Crippen molar-refractivity contribution < 1.29 is 13.2 Å². The SMILES string of the molecule is CCS(=O)(=O)Nc1cnn(CC(=O)NC)c1. The highest BCUT2D eigenvalue weighted by Crippen LogP contribution is 2.07. The molecule has 0 saturated heterocycles. The van der Waals surface area contributed by atoms with E-state index in [0.29, 0.717) is 5.69 Å². The van der Waals surface area contributed by atoms with Crippen LogP contribution in [0.1, 0.15) is 6.92 Å². The molecule has 1 heterocycles. The molecule has 7 nitrogen and oxygen atoms in total. The molecule has 0 radical (unpaired) electrons. The molecule has 8 heteroatoms. The summed E-state index contributed by atoms with van der Waals surface area (Å²) in [4.78, 5) is 11.0. The van der Waals surface area contributed by atoms with E-state index in [2.05, 4.69) is 15.1 Å². The topological polar surface area (TPSA) is 93.1 Å². The predicted molar refractivity (Wildman–Crippen MR) is 59.4 cm³/mol. The van der Waals surface area contributed by atoms with E-state index in [1.165, 1.54) is 31.0 Å². The van der Waals surface area contributed by atoms with E-state index >= 15 is 0 Å². The van der Waals surface area contributed by atoms with E-state index in [9.17, 15) is 13.2 Å². The van der Waals surface area contributed by atoms with Gasteiger partial charge in [0.05, 0.1) is 17.6 Å². The van der Waals surface area contributed by atoms with Crippen LogP contribution >= 0.6 is 0 Å². The number of hydrogen-bond donors (Lipinski definition) is 2. The maximum Gasteiger partial charge on any atom is 0.241 e. The first kappa shape index (κ1) is 12.5. The molecule has 0 aliphatic rings. The maximum atomic E-state index is 11.2. The van der Waals surface area contributed by atoms with Gasteiger partial charge in [0, 0.05) is 13.2 Å². The van der Waals surface area contributed by atoms with Gasteiger partial charge in [-0.1, -0.05) is 0 Å². The standard InChI is InChI=1S/C8H14N4O3S/c1-3-16(14,15)11-7-4-10-12(5-7)6-8(13)9-2/h4-5,11H,3,6H2,1-2H3,(H,9,13). The fraction of sp³-hybridized carbons (Fsp3) is 0.500. The molecule has 1 amide bonds. The zero-order chi connectivity index (χ0) is 12.2. The Kier molecular flexibility index (Phi) is 3.88. The number of likely N-dealkylation sites (N-methyl/N-ethyl adjacent to an activating group) is 1. The van der Waals surface area contributed by atoms with Gasteiger partial charge in [-0.2, -0.15) is 5.10 Å². The molecule has 16 heavy (non-hydrogen) atoms. The highest BCUT2D eigenvalue weighted by atomic mass is 32.2. The van der Waals surface area contributed by atoms with Crippen LogP contribution in [0.15, 0.2) is 12.4 Å². The molecule has 0 saturated carbocycles. The summed E-state index contributed by atoms with van der Waals surface area (Å²) in [5.74, 6) is -0.207. The van der Waals surface area contributed by atoms with Crippen LogP contribution in [0.5, 0.6) is 0 Å². The van der Waals surface area contributed by atoms with Crippen LogP contribution in [-0.4, -0.2) is 36.9 Å². The molecule has 0 unspecified atom stereocenters. The second kappa shape index (κ2) is 4.97. The minimum Gasteiger partial charge on any atom is -0.358 e. The molecule has 1 aromatic heterocycles. The number of anilines is 1. The first-order chi connectivity index (χ1) is 7.46. The van der Waals surface area contributed by atoms with Crippen molar-refractivity contribution in [1.82, 2.24) is 15.1 Å². The number of nitrogens with one attached hydrogen (secondary N) is 2. The normalized spacial score (nSPS) is 11.1. The van der Waals surface area contributed by atoms with E-state index < -0.39 is 10.0 Å². The molecule has 0 bridgehead atoms. The second-order valence-corrected chi connectivity index (χ2v) is 5.12. The Morgan fingerprint density at radius 1 is 1.56 bits per heavy atom. The fourth-order valence-electron chi connectivity index (χ4n) is 0.981. The van der Waals surface area contributed by atoms with Crippen molar-refractivity contribution in [2.45, 2.75) is 13.5 Å². The van der Waals surface area contributed by atoms with Crippen LogP contribution in [-0.2, 0) is 21.4 Å². The summed E-state index contributed by atoms with van der Waals surface area (Å²) in [6.45, 7) is 1.60. The van der Waals surface area contributed by atoms with Crippen LogP contribution in [0.2, 0.25) is 0 Å². The van der Waals surface area contributed by atoms with Crippen LogP contribution in [0.3, 0.4) is 0 Å². The summed E-state index contributed by atoms with van der Waals surface area (Å²) in [6.07, 6.45) is 2.82. The first-order valence-corrected chi connectivity index (χ1v) is 6.35. The Hall–Kier alpha value is -1.57. The number of sulfonamides is 1. The molecule has 0 aromatic carbocycles. The van der Waals surface area contributed by atoms with Crippen LogP contribution in [0.4, 0.5) is 5.69 Å². The third-order valence-corrected chi connectivity index (χ3v) is 3.18. The van der Waals surface area contributed by atoms with Gasteiger partial charge in [-0.25, -0.2) is 8.42 Å². The average Bonchev–Trinajstić information content (AvgIpc) is 2.64. The highest BCUT2D eigenvalue weighted by Gasteiger charge is 2.09. The van der Waals surface area contributed by atoms with Crippen molar-refractivity contribution in [1.29, 1.82) is 0 Å². The highest BCUT2D eigenvalue weighted by molar-refractivity contribution is 7.92. The molecule has 0 aliphatic heterocycles. The smallest absolute Gasteiger partial charge is 0.241 e. The van der Waals surface area contributed by atoms with Gasteiger partial charge in [0.15, 0.2) is 0 Å². The molecule has 90 valence electrons. The Labute approximate surface area is 93.9 Å². The van der Waals surface area contributed by atoms with Crippen molar-refractivity contribution in [2.75, 3.05) is 17.5 Å². The van der Waals surface area contributed by atoms with Gasteiger partial charge in [0.2, 0.25) is 15.9 Å². The largest absolute Gasteiger partial charge is 0.358 e. The van der Waals surface area contributed by atoms with Crippen LogP contribution in [0.25, 0.3) is 0 Å². The first-order valence-electron chi connectivity index (χ1n) is 4.70. The molecule has 0 aliphatic carbocycles. The third kappa shape index (κ3) is 3.54. The number of hydrogen-bond acceptors (Lipinski definition) is 4. The van der Waals surface area contributed by atoms with Crippen molar-refractivity contribution in [3.05, 3.63) is 12.4 Å². The van der Waals surface area contributed by atoms with E-state index in [-0.39, 0.29) is 18.2 Å². The summed E-state index contributed by atoms with van der Waals surface area (Å²) >= 11 is 0. The predicted octanol–water partition coefficient (Wildman–Crippen LogP) is -0.609.